The summed E-state index contributed by atoms with van der Waals surface area (Å²) in [6, 6.07) is 5.54. The third-order valence-corrected chi connectivity index (χ3v) is 6.44. The van der Waals surface area contributed by atoms with Gasteiger partial charge in [-0.25, -0.2) is 9.88 Å². The number of amidine groups is 1. The number of thiophene rings is 1. The van der Waals surface area contributed by atoms with E-state index < -0.39 is 15.8 Å². The van der Waals surface area contributed by atoms with Crippen molar-refractivity contribution in [2.24, 2.45) is 0 Å². The van der Waals surface area contributed by atoms with E-state index in [0.29, 0.717) is 15.1 Å². The second-order valence-electron chi connectivity index (χ2n) is 5.43. The fourth-order valence-corrected chi connectivity index (χ4v) is 5.17. The van der Waals surface area contributed by atoms with Crippen LogP contribution in [0.25, 0.3) is 16.3 Å². The van der Waals surface area contributed by atoms with Gasteiger partial charge >= 0.3 is 0 Å². The van der Waals surface area contributed by atoms with E-state index in [2.05, 4.69) is 4.98 Å². The van der Waals surface area contributed by atoms with E-state index in [4.69, 9.17) is 5.41 Å². The van der Waals surface area contributed by atoms with Gasteiger partial charge in [0.2, 0.25) is 0 Å². The molecule has 0 unspecified atom stereocenters. The van der Waals surface area contributed by atoms with Crippen molar-refractivity contribution in [1.82, 2.24) is 4.98 Å². The Morgan fingerprint density at radius 3 is 2.57 bits per heavy atom. The highest BCUT2D eigenvalue weighted by atomic mass is 32.2. The Bertz CT molecular complexity index is 1210. The zero-order valence-electron chi connectivity index (χ0n) is 13.5. The first kappa shape index (κ1) is 18.2. The van der Waals surface area contributed by atoms with Gasteiger partial charge in [-0.3, -0.25) is 30.4 Å². The lowest BCUT2D eigenvalue weighted by Crippen LogP contribution is -2.27. The molecular weight excluding hydrogens is 426 g/mol. The number of benzene rings is 1. The van der Waals surface area contributed by atoms with E-state index in [1.807, 2.05) is 0 Å². The number of thiazole rings is 1. The van der Waals surface area contributed by atoms with Crippen LogP contribution in [0.2, 0.25) is 0 Å². The number of nitrogens with zero attached hydrogens (tertiary/aromatic N) is 4. The summed E-state index contributed by atoms with van der Waals surface area (Å²) in [5, 5.41) is 31.4. The molecule has 1 saturated heterocycles. The van der Waals surface area contributed by atoms with E-state index in [1.54, 1.807) is 0 Å². The predicted octanol–water partition coefficient (Wildman–Crippen LogP) is 4.23. The minimum Gasteiger partial charge on any atom is -0.278 e. The Labute approximate surface area is 167 Å². The molecule has 1 aliphatic rings. The summed E-state index contributed by atoms with van der Waals surface area (Å²) < 4.78 is 0.529. The van der Waals surface area contributed by atoms with Gasteiger partial charge in [-0.1, -0.05) is 11.3 Å². The monoisotopic (exact) mass is 433 g/mol. The van der Waals surface area contributed by atoms with Crippen molar-refractivity contribution in [3.63, 3.8) is 0 Å². The van der Waals surface area contributed by atoms with Crippen LogP contribution in [0.4, 0.5) is 16.5 Å². The molecule has 0 aliphatic carbocycles. The predicted molar refractivity (Wildman–Crippen MR) is 108 cm³/mol. The highest BCUT2D eigenvalue weighted by molar-refractivity contribution is 8.19. The molecule has 1 aromatic carbocycles. The summed E-state index contributed by atoms with van der Waals surface area (Å²) in [7, 11) is 0. The number of carbonyl (C=O) groups excluding carboxylic acids is 1. The van der Waals surface area contributed by atoms with Gasteiger partial charge in [-0.2, -0.15) is 0 Å². The van der Waals surface area contributed by atoms with Crippen molar-refractivity contribution in [2.45, 2.75) is 0 Å². The fraction of sp³-hybridized carbons (Fsp3) is 0. The first-order valence-electron chi connectivity index (χ1n) is 7.44. The molecule has 2 aromatic heterocycles. The van der Waals surface area contributed by atoms with Crippen LogP contribution in [-0.2, 0) is 4.79 Å². The maximum atomic E-state index is 12.7. The first-order chi connectivity index (χ1) is 13.3. The summed E-state index contributed by atoms with van der Waals surface area (Å²) in [4.78, 5) is 39.6. The third kappa shape index (κ3) is 3.15. The number of thioether (sulfide) groups is 1. The van der Waals surface area contributed by atoms with Gasteiger partial charge in [-0.05, 0) is 23.9 Å². The molecule has 0 radical (unpaired) electrons. The Morgan fingerprint density at radius 2 is 1.89 bits per heavy atom. The maximum absolute atomic E-state index is 12.7. The Kier molecular flexibility index (Phi) is 4.41. The van der Waals surface area contributed by atoms with Crippen LogP contribution in [0, 0.1) is 25.6 Å². The lowest BCUT2D eigenvalue weighted by Gasteiger charge is -2.08. The Balaban J connectivity index is 1.67. The van der Waals surface area contributed by atoms with Gasteiger partial charge in [0.1, 0.15) is 0 Å². The second kappa shape index (κ2) is 6.78. The SMILES string of the molecule is N=C1S/C(=C\c2cc([N+](=O)[O-])cs2)C(=O)N1c1nc2ccc([N+](=O)[O-])cc2s1. The minimum absolute atomic E-state index is 0.0594. The highest BCUT2D eigenvalue weighted by Crippen LogP contribution is 2.39. The molecule has 3 aromatic rings. The van der Waals surface area contributed by atoms with Crippen LogP contribution >= 0.6 is 34.4 Å². The molecule has 0 saturated carbocycles. The number of hydrogen-bond acceptors (Lipinski definition) is 10. The van der Waals surface area contributed by atoms with Crippen LogP contribution in [0.15, 0.2) is 34.6 Å². The molecule has 10 nitrogen and oxygen atoms in total. The van der Waals surface area contributed by atoms with E-state index in [0.717, 1.165) is 39.3 Å². The van der Waals surface area contributed by atoms with Gasteiger partial charge in [0.15, 0.2) is 10.3 Å². The van der Waals surface area contributed by atoms with Gasteiger partial charge in [0, 0.05) is 23.1 Å². The normalized spacial score (nSPS) is 15.7. The third-order valence-electron chi connectivity index (χ3n) is 3.68. The van der Waals surface area contributed by atoms with Crippen molar-refractivity contribution in [1.29, 1.82) is 5.41 Å². The smallest absolute Gasteiger partial charge is 0.278 e. The number of non-ortho nitro benzene ring substituents is 1. The van der Waals surface area contributed by atoms with E-state index in [9.17, 15) is 25.0 Å². The van der Waals surface area contributed by atoms with Crippen LogP contribution in [0.3, 0.4) is 0 Å². The molecule has 0 bridgehead atoms. The number of anilines is 1. The van der Waals surface area contributed by atoms with Crippen molar-refractivity contribution in [3.05, 3.63) is 59.7 Å². The number of fused-ring (bicyclic) bond motifs is 1. The molecule has 0 atom stereocenters. The molecule has 4 rings (SSSR count). The topological polar surface area (TPSA) is 143 Å². The zero-order chi connectivity index (χ0) is 20.0. The molecule has 1 fully saturated rings. The summed E-state index contributed by atoms with van der Waals surface area (Å²) >= 11 is 3.12. The largest absolute Gasteiger partial charge is 0.280 e. The number of nitrogens with one attached hydrogen (secondary N) is 1. The summed E-state index contributed by atoms with van der Waals surface area (Å²) in [6.07, 6.45) is 1.50. The van der Waals surface area contributed by atoms with E-state index >= 15 is 0 Å². The molecule has 1 N–H and O–H groups in total. The van der Waals surface area contributed by atoms with Crippen molar-refractivity contribution in [3.8, 4) is 0 Å². The van der Waals surface area contributed by atoms with Gasteiger partial charge in [-0.15, -0.1) is 11.3 Å². The average Bonchev–Trinajstić information content (AvgIpc) is 3.32. The lowest BCUT2D eigenvalue weighted by atomic mass is 10.3. The second-order valence-corrected chi connectivity index (χ2v) is 8.41. The van der Waals surface area contributed by atoms with Crippen molar-refractivity contribution < 1.29 is 14.6 Å². The first-order valence-corrected chi connectivity index (χ1v) is 9.95. The number of aromatic nitrogens is 1. The zero-order valence-corrected chi connectivity index (χ0v) is 16.0. The number of carbonyl (C=O) groups is 1. The quantitative estimate of drug-likeness (QED) is 0.368. The van der Waals surface area contributed by atoms with Crippen molar-refractivity contribution in [2.75, 3.05) is 4.90 Å². The molecule has 0 spiro atoms. The molecular formula is C15H7N5O5S3. The van der Waals surface area contributed by atoms with Crippen molar-refractivity contribution >= 4 is 78.3 Å². The van der Waals surface area contributed by atoms with Crippen LogP contribution in [-0.4, -0.2) is 25.9 Å². The number of hydrogen-bond donors (Lipinski definition) is 1. The molecule has 1 aliphatic heterocycles. The van der Waals surface area contributed by atoms with E-state index in [1.165, 1.54) is 35.7 Å². The molecule has 3 heterocycles. The Morgan fingerprint density at radius 1 is 1.14 bits per heavy atom. The van der Waals surface area contributed by atoms with Gasteiger partial charge in [0.25, 0.3) is 17.3 Å². The molecule has 13 heteroatoms. The number of nitro groups is 2. The number of rotatable bonds is 4. The lowest BCUT2D eigenvalue weighted by molar-refractivity contribution is -0.384. The van der Waals surface area contributed by atoms with Gasteiger partial charge < -0.3 is 0 Å². The van der Waals surface area contributed by atoms with Gasteiger partial charge in [0.05, 0.1) is 30.3 Å². The number of nitro benzene ring substituents is 1. The molecule has 28 heavy (non-hydrogen) atoms. The summed E-state index contributed by atoms with van der Waals surface area (Å²) in [5.74, 6) is -0.473. The van der Waals surface area contributed by atoms with Crippen LogP contribution < -0.4 is 4.90 Å². The fourth-order valence-electron chi connectivity index (χ4n) is 2.41. The summed E-state index contributed by atoms with van der Waals surface area (Å²) in [5.41, 5.74) is 0.342. The summed E-state index contributed by atoms with van der Waals surface area (Å²) in [6.45, 7) is 0. The maximum Gasteiger partial charge on any atom is 0.280 e. The van der Waals surface area contributed by atoms with E-state index in [-0.39, 0.29) is 26.6 Å². The highest BCUT2D eigenvalue weighted by Gasteiger charge is 2.36. The van der Waals surface area contributed by atoms with Crippen LogP contribution in [0.5, 0.6) is 0 Å². The standard InChI is InChI=1S/C15H7N5O5S3/c16-14-18(15-17-10-2-1-7(19(22)23)4-11(10)28-15)13(21)12(27-14)5-9-3-8(6-26-9)20(24)25/h1-6,16H/b12-5-,16-14?. The Hall–Kier alpha value is -3.16. The molecule has 140 valence electrons. The average molecular weight is 433 g/mol. The minimum atomic E-state index is -0.517. The van der Waals surface area contributed by atoms with Crippen LogP contribution in [0.1, 0.15) is 4.88 Å². The molecule has 1 amide bonds. The number of amides is 1.